The van der Waals surface area contributed by atoms with Crippen molar-refractivity contribution in [1.29, 1.82) is 0 Å². The molecule has 1 fully saturated rings. The third kappa shape index (κ3) is 7.47. The van der Waals surface area contributed by atoms with Gasteiger partial charge in [-0.2, -0.15) is 0 Å². The number of anilines is 1. The van der Waals surface area contributed by atoms with E-state index in [1.54, 1.807) is 0 Å². The minimum absolute atomic E-state index is 0.127. The van der Waals surface area contributed by atoms with Crippen LogP contribution in [0.25, 0.3) is 11.1 Å². The Morgan fingerprint density at radius 2 is 1.79 bits per heavy atom. The van der Waals surface area contributed by atoms with Gasteiger partial charge in [0.1, 0.15) is 0 Å². The molecule has 184 valence electrons. The number of halogens is 1. The van der Waals surface area contributed by atoms with Crippen molar-refractivity contribution in [3.8, 4) is 11.1 Å². The van der Waals surface area contributed by atoms with Crippen LogP contribution in [0, 0.1) is 5.92 Å². The Labute approximate surface area is 208 Å². The summed E-state index contributed by atoms with van der Waals surface area (Å²) in [5.74, 6) is 0.426. The fourth-order valence-electron chi connectivity index (χ4n) is 4.52. The van der Waals surface area contributed by atoms with Gasteiger partial charge in [-0.1, -0.05) is 41.9 Å². The first-order valence-corrected chi connectivity index (χ1v) is 12.8. The predicted molar refractivity (Wildman–Crippen MR) is 140 cm³/mol. The molecule has 1 aliphatic heterocycles. The van der Waals surface area contributed by atoms with Gasteiger partial charge in [-0.25, -0.2) is 4.79 Å². The highest BCUT2D eigenvalue weighted by Crippen LogP contribution is 2.28. The lowest BCUT2D eigenvalue weighted by Gasteiger charge is -2.34. The Morgan fingerprint density at radius 3 is 2.50 bits per heavy atom. The number of piperidine rings is 1. The number of unbranched alkanes of at least 4 members (excludes halogenated alkanes) is 1. The summed E-state index contributed by atoms with van der Waals surface area (Å²) >= 11 is 6.26. The van der Waals surface area contributed by atoms with E-state index in [4.69, 9.17) is 11.6 Å². The van der Waals surface area contributed by atoms with Gasteiger partial charge in [-0.05, 0) is 76.4 Å². The van der Waals surface area contributed by atoms with Gasteiger partial charge in [-0.15, -0.1) is 0 Å². The molecule has 1 saturated heterocycles. The Balaban J connectivity index is 1.34. The van der Waals surface area contributed by atoms with Crippen molar-refractivity contribution >= 4 is 29.2 Å². The Bertz CT molecular complexity index is 930. The zero-order chi connectivity index (χ0) is 24.3. The third-order valence-electron chi connectivity index (χ3n) is 6.44. The van der Waals surface area contributed by atoms with Crippen LogP contribution in [-0.4, -0.2) is 61.0 Å². The van der Waals surface area contributed by atoms with Crippen LogP contribution in [0.2, 0.25) is 5.02 Å². The molecule has 0 spiro atoms. The lowest BCUT2D eigenvalue weighted by atomic mass is 9.96. The van der Waals surface area contributed by atoms with Crippen molar-refractivity contribution in [2.45, 2.75) is 39.5 Å². The van der Waals surface area contributed by atoms with E-state index in [9.17, 15) is 9.59 Å². The van der Waals surface area contributed by atoms with Crippen molar-refractivity contribution in [2.24, 2.45) is 5.92 Å². The van der Waals surface area contributed by atoms with E-state index in [1.807, 2.05) is 67.3 Å². The zero-order valence-corrected chi connectivity index (χ0v) is 21.1. The number of hydrogen-bond acceptors (Lipinski definition) is 3. The molecule has 1 atom stereocenters. The van der Waals surface area contributed by atoms with Crippen LogP contribution >= 0.6 is 11.6 Å². The van der Waals surface area contributed by atoms with E-state index in [2.05, 4.69) is 15.5 Å². The van der Waals surface area contributed by atoms with E-state index in [0.29, 0.717) is 17.5 Å². The monoisotopic (exact) mass is 484 g/mol. The molecule has 1 heterocycles. The summed E-state index contributed by atoms with van der Waals surface area (Å²) in [6, 6.07) is 15.2. The molecule has 1 aliphatic rings. The molecular formula is C27H37ClN4O2. The first-order chi connectivity index (χ1) is 16.5. The summed E-state index contributed by atoms with van der Waals surface area (Å²) < 4.78 is 0. The number of nitrogens with zero attached hydrogens (tertiary/aromatic N) is 2. The van der Waals surface area contributed by atoms with Crippen LogP contribution in [0.1, 0.15) is 39.5 Å². The number of likely N-dealkylation sites (tertiary alicyclic amines) is 1. The highest BCUT2D eigenvalue weighted by molar-refractivity contribution is 6.33. The van der Waals surface area contributed by atoms with Gasteiger partial charge in [-0.3, -0.25) is 4.79 Å². The molecule has 2 N–H and O–H groups in total. The first kappa shape index (κ1) is 26.0. The standard InChI is InChI=1S/C27H37ClN4O2/c1-3-32(4-2)26(33)22-10-9-19-31(20-22)18-8-7-17-29-27(34)30-23-15-13-21(14-16-23)24-11-5-6-12-25(24)28/h5-6,11-16,22H,3-4,7-10,17-20H2,1-2H3,(H2,29,30,34). The van der Waals surface area contributed by atoms with Gasteiger partial charge in [0.05, 0.1) is 5.92 Å². The van der Waals surface area contributed by atoms with Crippen molar-refractivity contribution in [1.82, 2.24) is 15.1 Å². The summed E-state index contributed by atoms with van der Waals surface area (Å²) in [6.07, 6.45) is 3.98. The van der Waals surface area contributed by atoms with Crippen LogP contribution in [0.5, 0.6) is 0 Å². The van der Waals surface area contributed by atoms with E-state index in [0.717, 1.165) is 75.2 Å². The number of urea groups is 1. The number of benzene rings is 2. The topological polar surface area (TPSA) is 64.7 Å². The number of carbonyl (C=O) groups excluding carboxylic acids is 2. The second-order valence-corrected chi connectivity index (χ2v) is 9.20. The molecule has 2 aromatic carbocycles. The molecule has 0 aromatic heterocycles. The van der Waals surface area contributed by atoms with Crippen LogP contribution in [0.3, 0.4) is 0 Å². The molecular weight excluding hydrogens is 448 g/mol. The summed E-state index contributed by atoms with van der Waals surface area (Å²) in [7, 11) is 0. The zero-order valence-electron chi connectivity index (χ0n) is 20.4. The average Bonchev–Trinajstić information content (AvgIpc) is 2.85. The fourth-order valence-corrected chi connectivity index (χ4v) is 4.76. The lowest BCUT2D eigenvalue weighted by molar-refractivity contribution is -0.137. The molecule has 3 amide bonds. The van der Waals surface area contributed by atoms with E-state index < -0.39 is 0 Å². The summed E-state index contributed by atoms with van der Waals surface area (Å²) in [6.45, 7) is 9.15. The maximum absolute atomic E-state index is 12.7. The molecule has 34 heavy (non-hydrogen) atoms. The maximum Gasteiger partial charge on any atom is 0.319 e. The molecule has 7 heteroatoms. The SMILES string of the molecule is CCN(CC)C(=O)C1CCCN(CCCCNC(=O)Nc2ccc(-c3ccccc3Cl)cc2)C1. The van der Waals surface area contributed by atoms with Crippen molar-refractivity contribution in [2.75, 3.05) is 44.6 Å². The number of nitrogens with one attached hydrogen (secondary N) is 2. The molecule has 0 aliphatic carbocycles. The highest BCUT2D eigenvalue weighted by atomic mass is 35.5. The van der Waals surface area contributed by atoms with Crippen molar-refractivity contribution in [3.63, 3.8) is 0 Å². The Hall–Kier alpha value is -2.57. The van der Waals surface area contributed by atoms with E-state index in [-0.39, 0.29) is 11.9 Å². The second-order valence-electron chi connectivity index (χ2n) is 8.80. The van der Waals surface area contributed by atoms with Gasteiger partial charge >= 0.3 is 6.03 Å². The van der Waals surface area contributed by atoms with Crippen LogP contribution < -0.4 is 10.6 Å². The normalized spacial score (nSPS) is 16.1. The Kier molecular flexibility index (Phi) is 10.2. The molecule has 0 saturated carbocycles. The third-order valence-corrected chi connectivity index (χ3v) is 6.77. The Morgan fingerprint density at radius 1 is 1.06 bits per heavy atom. The smallest absolute Gasteiger partial charge is 0.319 e. The number of hydrogen-bond donors (Lipinski definition) is 2. The van der Waals surface area contributed by atoms with Gasteiger partial charge in [0, 0.05) is 42.5 Å². The van der Waals surface area contributed by atoms with Crippen molar-refractivity contribution < 1.29 is 9.59 Å². The first-order valence-electron chi connectivity index (χ1n) is 12.4. The predicted octanol–water partition coefficient (Wildman–Crippen LogP) is 5.49. The van der Waals surface area contributed by atoms with Crippen LogP contribution in [-0.2, 0) is 4.79 Å². The van der Waals surface area contributed by atoms with E-state index >= 15 is 0 Å². The number of carbonyl (C=O) groups is 2. The van der Waals surface area contributed by atoms with Gasteiger partial charge in [0.15, 0.2) is 0 Å². The largest absolute Gasteiger partial charge is 0.343 e. The van der Waals surface area contributed by atoms with Crippen LogP contribution in [0.4, 0.5) is 10.5 Å². The number of rotatable bonds is 10. The van der Waals surface area contributed by atoms with E-state index in [1.165, 1.54) is 0 Å². The summed E-state index contributed by atoms with van der Waals surface area (Å²) in [5, 5.41) is 6.52. The molecule has 3 rings (SSSR count). The minimum Gasteiger partial charge on any atom is -0.343 e. The minimum atomic E-state index is -0.201. The van der Waals surface area contributed by atoms with Gasteiger partial charge < -0.3 is 20.4 Å². The molecule has 0 radical (unpaired) electrons. The summed E-state index contributed by atoms with van der Waals surface area (Å²) in [4.78, 5) is 29.2. The highest BCUT2D eigenvalue weighted by Gasteiger charge is 2.27. The fraction of sp³-hybridized carbons (Fsp3) is 0.481. The average molecular weight is 485 g/mol. The molecule has 0 bridgehead atoms. The van der Waals surface area contributed by atoms with Gasteiger partial charge in [0.2, 0.25) is 5.91 Å². The summed E-state index contributed by atoms with van der Waals surface area (Å²) in [5.41, 5.74) is 2.72. The van der Waals surface area contributed by atoms with Gasteiger partial charge in [0.25, 0.3) is 0 Å². The quantitative estimate of drug-likeness (QED) is 0.438. The van der Waals surface area contributed by atoms with Crippen molar-refractivity contribution in [3.05, 3.63) is 53.6 Å². The van der Waals surface area contributed by atoms with Crippen LogP contribution in [0.15, 0.2) is 48.5 Å². The lowest BCUT2D eigenvalue weighted by Crippen LogP contribution is -2.45. The maximum atomic E-state index is 12.7. The molecule has 6 nitrogen and oxygen atoms in total. The number of amides is 3. The second kappa shape index (κ2) is 13.4. The molecule has 2 aromatic rings. The molecule has 1 unspecified atom stereocenters.